The Morgan fingerprint density at radius 2 is 1.70 bits per heavy atom. The molecule has 0 atom stereocenters. The normalized spacial score (nSPS) is 10.1. The van der Waals surface area contributed by atoms with Gasteiger partial charge in [-0.05, 0) is 36.8 Å². The lowest BCUT2D eigenvalue weighted by molar-refractivity contribution is -0.143. The van der Waals surface area contributed by atoms with Gasteiger partial charge in [0.1, 0.15) is 0 Å². The van der Waals surface area contributed by atoms with Gasteiger partial charge in [0, 0.05) is 18.8 Å². The third-order valence-electron chi connectivity index (χ3n) is 3.72. The minimum atomic E-state index is -0.816. The highest BCUT2D eigenvalue weighted by Crippen LogP contribution is 2.12. The molecule has 2 N–H and O–H groups in total. The highest BCUT2D eigenvalue weighted by atomic mass is 16.5. The van der Waals surface area contributed by atoms with Gasteiger partial charge in [-0.25, -0.2) is 4.79 Å². The van der Waals surface area contributed by atoms with Crippen molar-refractivity contribution in [2.75, 3.05) is 25.1 Å². The van der Waals surface area contributed by atoms with E-state index in [0.717, 1.165) is 5.56 Å². The number of rotatable bonds is 7. The van der Waals surface area contributed by atoms with Crippen LogP contribution in [0.5, 0.6) is 0 Å². The van der Waals surface area contributed by atoms with Crippen LogP contribution in [0.15, 0.2) is 54.6 Å². The molecule has 27 heavy (non-hydrogen) atoms. The molecule has 0 saturated heterocycles. The quantitative estimate of drug-likeness (QED) is 0.573. The van der Waals surface area contributed by atoms with Crippen molar-refractivity contribution in [2.24, 2.45) is 0 Å². The van der Waals surface area contributed by atoms with Crippen LogP contribution in [-0.4, -0.2) is 47.5 Å². The van der Waals surface area contributed by atoms with Crippen LogP contribution in [0.1, 0.15) is 22.8 Å². The van der Waals surface area contributed by atoms with E-state index in [1.54, 1.807) is 6.92 Å². The highest BCUT2D eigenvalue weighted by Gasteiger charge is 2.22. The number of amides is 2. The molecular formula is C20H22N2O5. The monoisotopic (exact) mass is 370 g/mol. The zero-order valence-electron chi connectivity index (χ0n) is 15.1. The second kappa shape index (κ2) is 10.1. The lowest BCUT2D eigenvalue weighted by atomic mass is 10.2. The number of hydrogen-bond acceptors (Lipinski definition) is 5. The topological polar surface area (TPSA) is 95.9 Å². The molecule has 0 bridgehead atoms. The molecule has 0 heterocycles. The largest absolute Gasteiger partial charge is 0.462 e. The average Bonchev–Trinajstić information content (AvgIpc) is 2.68. The van der Waals surface area contributed by atoms with Crippen LogP contribution >= 0.6 is 0 Å². The van der Waals surface area contributed by atoms with Crippen molar-refractivity contribution in [1.29, 1.82) is 0 Å². The van der Waals surface area contributed by atoms with Crippen molar-refractivity contribution < 1.29 is 24.2 Å². The second-order valence-electron chi connectivity index (χ2n) is 5.69. The maximum atomic E-state index is 12.4. The highest BCUT2D eigenvalue weighted by molar-refractivity contribution is 6.39. The summed E-state index contributed by atoms with van der Waals surface area (Å²) < 4.78 is 4.89. The zero-order chi connectivity index (χ0) is 19.6. The van der Waals surface area contributed by atoms with E-state index in [1.807, 2.05) is 30.3 Å². The lowest BCUT2D eigenvalue weighted by Crippen LogP contribution is -2.40. The molecular weight excluding hydrogens is 348 g/mol. The van der Waals surface area contributed by atoms with Gasteiger partial charge < -0.3 is 20.1 Å². The molecule has 142 valence electrons. The van der Waals surface area contributed by atoms with Crippen molar-refractivity contribution in [2.45, 2.75) is 13.5 Å². The summed E-state index contributed by atoms with van der Waals surface area (Å²) in [6.45, 7) is 2.00. The first-order valence-corrected chi connectivity index (χ1v) is 8.57. The number of hydrogen-bond donors (Lipinski definition) is 2. The van der Waals surface area contributed by atoms with Gasteiger partial charge >= 0.3 is 17.8 Å². The smallest absolute Gasteiger partial charge is 0.338 e. The molecule has 2 rings (SSSR count). The third-order valence-corrected chi connectivity index (χ3v) is 3.72. The number of nitrogens with zero attached hydrogens (tertiary/aromatic N) is 1. The van der Waals surface area contributed by atoms with E-state index in [0.29, 0.717) is 11.3 Å². The Kier molecular flexibility index (Phi) is 7.51. The number of benzene rings is 2. The van der Waals surface area contributed by atoms with Crippen molar-refractivity contribution in [3.05, 3.63) is 65.7 Å². The Morgan fingerprint density at radius 1 is 1.04 bits per heavy atom. The summed E-state index contributed by atoms with van der Waals surface area (Å²) >= 11 is 0. The van der Waals surface area contributed by atoms with E-state index < -0.39 is 17.8 Å². The number of aliphatic hydroxyl groups excluding tert-OH is 1. The molecule has 7 heteroatoms. The number of carbonyl (C=O) groups is 3. The molecule has 2 aromatic rings. The molecule has 2 aromatic carbocycles. The standard InChI is InChI=1S/C20H22N2O5/c1-2-27-20(26)16-8-10-17(11-9-16)21-18(24)19(25)22(12-13-23)14-15-6-4-3-5-7-15/h3-11,23H,2,12-14H2,1H3,(H,21,24). The fourth-order valence-corrected chi connectivity index (χ4v) is 2.41. The van der Waals surface area contributed by atoms with Crippen LogP contribution in [0.4, 0.5) is 5.69 Å². The number of esters is 1. The maximum Gasteiger partial charge on any atom is 0.338 e. The first kappa shape index (κ1) is 20.1. The predicted octanol–water partition coefficient (Wildman–Crippen LogP) is 1.82. The van der Waals surface area contributed by atoms with E-state index >= 15 is 0 Å². The molecule has 0 saturated carbocycles. The second-order valence-corrected chi connectivity index (χ2v) is 5.69. The van der Waals surface area contributed by atoms with Gasteiger partial charge in [0.25, 0.3) is 0 Å². The van der Waals surface area contributed by atoms with Gasteiger partial charge in [-0.2, -0.15) is 0 Å². The Hall–Kier alpha value is -3.19. The van der Waals surface area contributed by atoms with Crippen LogP contribution < -0.4 is 5.32 Å². The molecule has 0 aromatic heterocycles. The molecule has 0 fully saturated rings. The third kappa shape index (κ3) is 5.93. The van der Waals surface area contributed by atoms with Crippen LogP contribution in [0, 0.1) is 0 Å². The SMILES string of the molecule is CCOC(=O)c1ccc(NC(=O)C(=O)N(CCO)Cc2ccccc2)cc1. The van der Waals surface area contributed by atoms with E-state index in [-0.39, 0.29) is 26.3 Å². The number of aliphatic hydroxyl groups is 1. The van der Waals surface area contributed by atoms with Crippen molar-refractivity contribution >= 4 is 23.5 Å². The fourth-order valence-electron chi connectivity index (χ4n) is 2.41. The summed E-state index contributed by atoms with van der Waals surface area (Å²) in [6.07, 6.45) is 0. The molecule has 0 spiro atoms. The fraction of sp³-hybridized carbons (Fsp3) is 0.250. The van der Waals surface area contributed by atoms with Gasteiger partial charge in [0.05, 0.1) is 18.8 Å². The van der Waals surface area contributed by atoms with E-state index in [9.17, 15) is 19.5 Å². The Balaban J connectivity index is 2.01. The Labute approximate surface area is 157 Å². The summed E-state index contributed by atoms with van der Waals surface area (Å²) in [7, 11) is 0. The van der Waals surface area contributed by atoms with Gasteiger partial charge in [-0.3, -0.25) is 9.59 Å². The van der Waals surface area contributed by atoms with Crippen molar-refractivity contribution in [3.8, 4) is 0 Å². The Morgan fingerprint density at radius 3 is 2.30 bits per heavy atom. The molecule has 0 unspecified atom stereocenters. The Bertz CT molecular complexity index is 775. The van der Waals surface area contributed by atoms with E-state index in [1.165, 1.54) is 29.2 Å². The van der Waals surface area contributed by atoms with Crippen molar-refractivity contribution in [3.63, 3.8) is 0 Å². The molecule has 0 aliphatic carbocycles. The molecule has 0 radical (unpaired) electrons. The number of carbonyl (C=O) groups excluding carboxylic acids is 3. The molecule has 0 aliphatic heterocycles. The van der Waals surface area contributed by atoms with Gasteiger partial charge in [-0.1, -0.05) is 30.3 Å². The number of anilines is 1. The maximum absolute atomic E-state index is 12.4. The minimum absolute atomic E-state index is 0.0446. The molecule has 2 amide bonds. The summed E-state index contributed by atoms with van der Waals surface area (Å²) in [6, 6.07) is 15.3. The van der Waals surface area contributed by atoms with Crippen LogP contribution in [0.2, 0.25) is 0 Å². The summed E-state index contributed by atoms with van der Waals surface area (Å²) in [5, 5.41) is 11.7. The average molecular weight is 370 g/mol. The minimum Gasteiger partial charge on any atom is -0.462 e. The summed E-state index contributed by atoms with van der Waals surface area (Å²) in [5.74, 6) is -2.02. The van der Waals surface area contributed by atoms with Crippen LogP contribution in [-0.2, 0) is 20.9 Å². The molecule has 0 aliphatic rings. The first-order chi connectivity index (χ1) is 13.0. The van der Waals surface area contributed by atoms with E-state index in [4.69, 9.17) is 4.74 Å². The molecule has 7 nitrogen and oxygen atoms in total. The van der Waals surface area contributed by atoms with Crippen LogP contribution in [0.3, 0.4) is 0 Å². The zero-order valence-corrected chi connectivity index (χ0v) is 15.1. The summed E-state index contributed by atoms with van der Waals surface area (Å²) in [5.41, 5.74) is 1.59. The number of nitrogens with one attached hydrogen (secondary N) is 1. The number of ether oxygens (including phenoxy) is 1. The van der Waals surface area contributed by atoms with Crippen LogP contribution in [0.25, 0.3) is 0 Å². The summed E-state index contributed by atoms with van der Waals surface area (Å²) in [4.78, 5) is 37.6. The predicted molar refractivity (Wildman–Crippen MR) is 100.0 cm³/mol. The van der Waals surface area contributed by atoms with Gasteiger partial charge in [0.2, 0.25) is 0 Å². The van der Waals surface area contributed by atoms with Gasteiger partial charge in [-0.15, -0.1) is 0 Å². The lowest BCUT2D eigenvalue weighted by Gasteiger charge is -2.21. The van der Waals surface area contributed by atoms with Crippen molar-refractivity contribution in [1.82, 2.24) is 4.90 Å². The van der Waals surface area contributed by atoms with E-state index in [2.05, 4.69) is 5.32 Å². The van der Waals surface area contributed by atoms with Gasteiger partial charge in [0.15, 0.2) is 0 Å². The first-order valence-electron chi connectivity index (χ1n) is 8.57.